The first-order valence-electron chi connectivity index (χ1n) is 9.17. The van der Waals surface area contributed by atoms with Crippen molar-refractivity contribution in [3.63, 3.8) is 0 Å². The molecule has 1 aromatic heterocycles. The standard InChI is InChI=1S/C25H21N/c1-16-14-20-18-9-5-6-10-21(18)25(2,3)22(20)15-19(16)24-13-12-17-8-4-7-11-23(17)26-24/h4-15H,1-3H3. The van der Waals surface area contributed by atoms with Crippen LogP contribution in [0.25, 0.3) is 33.3 Å². The number of hydrogen-bond acceptors (Lipinski definition) is 1. The van der Waals surface area contributed by atoms with Gasteiger partial charge in [0.2, 0.25) is 0 Å². The lowest BCUT2D eigenvalue weighted by Gasteiger charge is -2.22. The summed E-state index contributed by atoms with van der Waals surface area (Å²) in [5, 5.41) is 1.18. The van der Waals surface area contributed by atoms with E-state index in [0.29, 0.717) is 0 Å². The average molecular weight is 335 g/mol. The molecule has 0 atom stereocenters. The summed E-state index contributed by atoms with van der Waals surface area (Å²) < 4.78 is 0. The van der Waals surface area contributed by atoms with Crippen LogP contribution >= 0.6 is 0 Å². The first kappa shape index (κ1) is 15.3. The Morgan fingerprint density at radius 1 is 0.692 bits per heavy atom. The molecule has 3 aromatic carbocycles. The van der Waals surface area contributed by atoms with Gasteiger partial charge < -0.3 is 0 Å². The average Bonchev–Trinajstić information content (AvgIpc) is 2.88. The normalized spacial score (nSPS) is 14.3. The number of aryl methyl sites for hydroxylation is 1. The van der Waals surface area contributed by atoms with Crippen LogP contribution in [0.15, 0.2) is 72.8 Å². The molecule has 0 aliphatic heterocycles. The highest BCUT2D eigenvalue weighted by atomic mass is 14.7. The second-order valence-corrected chi connectivity index (χ2v) is 7.77. The molecule has 0 N–H and O–H groups in total. The molecule has 1 heterocycles. The SMILES string of the molecule is Cc1cc2c(cc1-c1ccc3ccccc3n1)C(C)(C)c1ccccc1-2. The van der Waals surface area contributed by atoms with Gasteiger partial charge in [-0.15, -0.1) is 0 Å². The Balaban J connectivity index is 1.74. The van der Waals surface area contributed by atoms with Crippen molar-refractivity contribution in [2.24, 2.45) is 0 Å². The van der Waals surface area contributed by atoms with E-state index in [4.69, 9.17) is 4.98 Å². The van der Waals surface area contributed by atoms with Gasteiger partial charge in [0, 0.05) is 16.4 Å². The van der Waals surface area contributed by atoms with Crippen molar-refractivity contribution >= 4 is 10.9 Å². The predicted molar refractivity (Wildman–Crippen MR) is 109 cm³/mol. The van der Waals surface area contributed by atoms with Crippen molar-refractivity contribution in [2.75, 3.05) is 0 Å². The molecule has 5 rings (SSSR count). The van der Waals surface area contributed by atoms with Crippen molar-refractivity contribution in [1.82, 2.24) is 4.98 Å². The highest BCUT2D eigenvalue weighted by Gasteiger charge is 2.35. The van der Waals surface area contributed by atoms with E-state index in [-0.39, 0.29) is 5.41 Å². The summed E-state index contributed by atoms with van der Waals surface area (Å²) in [6.07, 6.45) is 0. The molecule has 0 saturated carbocycles. The van der Waals surface area contributed by atoms with Crippen molar-refractivity contribution in [3.05, 3.63) is 89.5 Å². The summed E-state index contributed by atoms with van der Waals surface area (Å²) in [4.78, 5) is 4.93. The minimum Gasteiger partial charge on any atom is -0.248 e. The van der Waals surface area contributed by atoms with Gasteiger partial charge >= 0.3 is 0 Å². The van der Waals surface area contributed by atoms with E-state index in [1.54, 1.807) is 0 Å². The lowest BCUT2D eigenvalue weighted by atomic mass is 9.81. The van der Waals surface area contributed by atoms with E-state index in [1.807, 2.05) is 0 Å². The van der Waals surface area contributed by atoms with E-state index < -0.39 is 0 Å². The maximum absolute atomic E-state index is 4.93. The van der Waals surface area contributed by atoms with Gasteiger partial charge in [-0.3, -0.25) is 0 Å². The van der Waals surface area contributed by atoms with Crippen LogP contribution in [0.4, 0.5) is 0 Å². The van der Waals surface area contributed by atoms with Gasteiger partial charge in [0.1, 0.15) is 0 Å². The minimum absolute atomic E-state index is 0.0191. The number of pyridine rings is 1. The number of nitrogens with zero attached hydrogens (tertiary/aromatic N) is 1. The Labute approximate surface area is 154 Å². The molecule has 4 aromatic rings. The number of hydrogen-bond donors (Lipinski definition) is 0. The van der Waals surface area contributed by atoms with E-state index in [0.717, 1.165) is 11.2 Å². The highest BCUT2D eigenvalue weighted by Crippen LogP contribution is 2.50. The Morgan fingerprint density at radius 3 is 2.35 bits per heavy atom. The molecule has 126 valence electrons. The molecule has 0 saturated heterocycles. The number of fused-ring (bicyclic) bond motifs is 4. The van der Waals surface area contributed by atoms with Gasteiger partial charge in [0.25, 0.3) is 0 Å². The lowest BCUT2D eigenvalue weighted by Crippen LogP contribution is -2.15. The van der Waals surface area contributed by atoms with Gasteiger partial charge in [-0.05, 0) is 52.9 Å². The first-order chi connectivity index (χ1) is 12.6. The fraction of sp³-hybridized carbons (Fsp3) is 0.160. The first-order valence-corrected chi connectivity index (χ1v) is 9.17. The Morgan fingerprint density at radius 2 is 1.46 bits per heavy atom. The third kappa shape index (κ3) is 2.07. The fourth-order valence-corrected chi connectivity index (χ4v) is 4.35. The van der Waals surface area contributed by atoms with Crippen LogP contribution in [0.5, 0.6) is 0 Å². The summed E-state index contributed by atoms with van der Waals surface area (Å²) in [6.45, 7) is 6.84. The van der Waals surface area contributed by atoms with Crippen molar-refractivity contribution in [3.8, 4) is 22.4 Å². The summed E-state index contributed by atoms with van der Waals surface area (Å²) in [5.41, 5.74) is 10.2. The number of rotatable bonds is 1. The summed E-state index contributed by atoms with van der Waals surface area (Å²) in [6, 6.07) is 26.1. The van der Waals surface area contributed by atoms with Crippen molar-refractivity contribution in [2.45, 2.75) is 26.2 Å². The van der Waals surface area contributed by atoms with Gasteiger partial charge in [-0.1, -0.05) is 68.4 Å². The lowest BCUT2D eigenvalue weighted by molar-refractivity contribution is 0.660. The molecule has 0 unspecified atom stereocenters. The molecule has 1 heteroatoms. The van der Waals surface area contributed by atoms with Crippen LogP contribution in [0.2, 0.25) is 0 Å². The van der Waals surface area contributed by atoms with Crippen LogP contribution in [0.1, 0.15) is 30.5 Å². The molecule has 0 bridgehead atoms. The molecule has 0 spiro atoms. The predicted octanol–water partition coefficient (Wildman–Crippen LogP) is 6.52. The molecule has 1 aliphatic rings. The number of para-hydroxylation sites is 1. The van der Waals surface area contributed by atoms with Gasteiger partial charge in [-0.25, -0.2) is 4.98 Å². The van der Waals surface area contributed by atoms with E-state index in [9.17, 15) is 0 Å². The molecular weight excluding hydrogens is 314 g/mol. The second-order valence-electron chi connectivity index (χ2n) is 7.77. The summed E-state index contributed by atoms with van der Waals surface area (Å²) >= 11 is 0. The van der Waals surface area contributed by atoms with Crippen molar-refractivity contribution in [1.29, 1.82) is 0 Å². The highest BCUT2D eigenvalue weighted by molar-refractivity contribution is 5.86. The van der Waals surface area contributed by atoms with E-state index in [2.05, 4.69) is 93.6 Å². The van der Waals surface area contributed by atoms with Crippen LogP contribution in [0, 0.1) is 6.92 Å². The number of benzene rings is 3. The van der Waals surface area contributed by atoms with Gasteiger partial charge in [0.15, 0.2) is 0 Å². The maximum atomic E-state index is 4.93. The molecule has 1 nitrogen and oxygen atoms in total. The quantitative estimate of drug-likeness (QED) is 0.386. The zero-order valence-electron chi connectivity index (χ0n) is 15.4. The zero-order chi connectivity index (χ0) is 17.9. The molecule has 0 amide bonds. The minimum atomic E-state index is 0.0191. The monoisotopic (exact) mass is 335 g/mol. The molecular formula is C25H21N. The van der Waals surface area contributed by atoms with Gasteiger partial charge in [-0.2, -0.15) is 0 Å². The summed E-state index contributed by atoms with van der Waals surface area (Å²) in [7, 11) is 0. The van der Waals surface area contributed by atoms with Crippen LogP contribution < -0.4 is 0 Å². The largest absolute Gasteiger partial charge is 0.248 e. The Bertz CT molecular complexity index is 1170. The molecule has 0 radical (unpaired) electrons. The topological polar surface area (TPSA) is 12.9 Å². The Hall–Kier alpha value is -2.93. The third-order valence-electron chi connectivity index (χ3n) is 5.80. The van der Waals surface area contributed by atoms with E-state index in [1.165, 1.54) is 38.8 Å². The van der Waals surface area contributed by atoms with E-state index >= 15 is 0 Å². The number of aromatic nitrogens is 1. The summed E-state index contributed by atoms with van der Waals surface area (Å²) in [5.74, 6) is 0. The van der Waals surface area contributed by atoms with Crippen molar-refractivity contribution < 1.29 is 0 Å². The van der Waals surface area contributed by atoms with Crippen LogP contribution in [0.3, 0.4) is 0 Å². The van der Waals surface area contributed by atoms with Crippen LogP contribution in [-0.4, -0.2) is 4.98 Å². The molecule has 1 aliphatic carbocycles. The molecule has 26 heavy (non-hydrogen) atoms. The third-order valence-corrected chi connectivity index (χ3v) is 5.80. The van der Waals surface area contributed by atoms with Crippen LogP contribution in [-0.2, 0) is 5.41 Å². The van der Waals surface area contributed by atoms with Gasteiger partial charge in [0.05, 0.1) is 11.2 Å². The maximum Gasteiger partial charge on any atom is 0.0712 e. The second kappa shape index (κ2) is 5.28. The smallest absolute Gasteiger partial charge is 0.0712 e. The molecule has 0 fully saturated rings. The fourth-order valence-electron chi connectivity index (χ4n) is 4.35. The Kier molecular flexibility index (Phi) is 3.12. The zero-order valence-corrected chi connectivity index (χ0v) is 15.4.